The van der Waals surface area contributed by atoms with E-state index >= 15 is 0 Å². The topological polar surface area (TPSA) is 46.2 Å². The van der Waals surface area contributed by atoms with E-state index in [1.807, 2.05) is 4.72 Å². The third-order valence-electron chi connectivity index (χ3n) is 0.573. The van der Waals surface area contributed by atoms with Crippen LogP contribution >= 0.6 is 34.8 Å². The Hall–Kier alpha value is 0.780. The fraction of sp³-hybridized carbons (Fsp3) is 1.00. The molecule has 0 rings (SSSR count). The van der Waals surface area contributed by atoms with Crippen molar-refractivity contribution in [3.63, 3.8) is 0 Å². The Kier molecular flexibility index (Phi) is 3.04. The van der Waals surface area contributed by atoms with Crippen molar-refractivity contribution in [3.8, 4) is 0 Å². The Labute approximate surface area is 68.3 Å². The second-order valence-corrected chi connectivity index (χ2v) is 6.13. The standard InChI is InChI=1S/C2H4Cl3NO2S/c1-6-9(7,8)2(3,4)5/h6H,1H3. The molecule has 0 radical (unpaired) electrons. The zero-order valence-electron chi connectivity index (χ0n) is 4.36. The monoisotopic (exact) mass is 211 g/mol. The van der Waals surface area contributed by atoms with Crippen molar-refractivity contribution >= 4 is 44.8 Å². The van der Waals surface area contributed by atoms with Crippen molar-refractivity contribution in [2.75, 3.05) is 7.05 Å². The highest BCUT2D eigenvalue weighted by Gasteiger charge is 2.36. The van der Waals surface area contributed by atoms with Crippen LogP contribution in [0.15, 0.2) is 0 Å². The van der Waals surface area contributed by atoms with Gasteiger partial charge in [0.1, 0.15) is 0 Å². The number of halogens is 3. The van der Waals surface area contributed by atoms with Crippen molar-refractivity contribution in [3.05, 3.63) is 0 Å². The van der Waals surface area contributed by atoms with Crippen LogP contribution < -0.4 is 4.72 Å². The van der Waals surface area contributed by atoms with Crippen LogP contribution in [0.25, 0.3) is 0 Å². The van der Waals surface area contributed by atoms with Gasteiger partial charge in [0.25, 0.3) is 10.0 Å². The summed E-state index contributed by atoms with van der Waals surface area (Å²) in [4.78, 5) is 0. The highest BCUT2D eigenvalue weighted by Crippen LogP contribution is 2.31. The maximum Gasteiger partial charge on any atom is 0.306 e. The zero-order chi connectivity index (χ0) is 7.71. The van der Waals surface area contributed by atoms with Gasteiger partial charge < -0.3 is 0 Å². The van der Waals surface area contributed by atoms with Gasteiger partial charge in [0.15, 0.2) is 0 Å². The Bertz CT molecular complexity index is 180. The van der Waals surface area contributed by atoms with Gasteiger partial charge in [0.05, 0.1) is 0 Å². The molecule has 9 heavy (non-hydrogen) atoms. The van der Waals surface area contributed by atoms with E-state index in [4.69, 9.17) is 34.8 Å². The maximum absolute atomic E-state index is 10.5. The van der Waals surface area contributed by atoms with Crippen LogP contribution in [-0.4, -0.2) is 18.6 Å². The molecule has 0 aliphatic rings. The van der Waals surface area contributed by atoms with Crippen molar-refractivity contribution in [2.45, 2.75) is 3.12 Å². The van der Waals surface area contributed by atoms with Crippen molar-refractivity contribution < 1.29 is 8.42 Å². The van der Waals surface area contributed by atoms with E-state index in [0.717, 1.165) is 7.05 Å². The van der Waals surface area contributed by atoms with E-state index < -0.39 is 13.1 Å². The lowest BCUT2D eigenvalue weighted by molar-refractivity contribution is 0.588. The van der Waals surface area contributed by atoms with Gasteiger partial charge in [-0.15, -0.1) is 0 Å². The van der Waals surface area contributed by atoms with Gasteiger partial charge >= 0.3 is 3.12 Å². The summed E-state index contributed by atoms with van der Waals surface area (Å²) < 4.78 is 20.6. The summed E-state index contributed by atoms with van der Waals surface area (Å²) in [5, 5.41) is 0. The van der Waals surface area contributed by atoms with E-state index in [-0.39, 0.29) is 0 Å². The molecule has 0 bridgehead atoms. The summed E-state index contributed by atoms with van der Waals surface area (Å²) in [6, 6.07) is 0. The lowest BCUT2D eigenvalue weighted by Gasteiger charge is -2.09. The van der Waals surface area contributed by atoms with Crippen molar-refractivity contribution in [2.24, 2.45) is 0 Å². The zero-order valence-corrected chi connectivity index (χ0v) is 7.44. The number of sulfonamides is 1. The molecular weight excluding hydrogens is 208 g/mol. The van der Waals surface area contributed by atoms with Crippen LogP contribution in [0.5, 0.6) is 0 Å². The van der Waals surface area contributed by atoms with E-state index in [2.05, 4.69) is 0 Å². The Morgan fingerprint density at radius 1 is 1.33 bits per heavy atom. The molecule has 0 saturated heterocycles. The molecule has 0 aliphatic carbocycles. The third-order valence-corrected chi connectivity index (χ3v) is 3.55. The Morgan fingerprint density at radius 2 is 1.67 bits per heavy atom. The number of hydrogen-bond acceptors (Lipinski definition) is 2. The predicted molar refractivity (Wildman–Crippen MR) is 38.3 cm³/mol. The quantitative estimate of drug-likeness (QED) is 0.656. The lowest BCUT2D eigenvalue weighted by Crippen LogP contribution is -2.31. The first-order chi connectivity index (χ1) is 3.81. The Balaban J connectivity index is 4.57. The molecule has 3 nitrogen and oxygen atoms in total. The van der Waals surface area contributed by atoms with Crippen LogP contribution in [-0.2, 0) is 10.0 Å². The van der Waals surface area contributed by atoms with E-state index in [9.17, 15) is 8.42 Å². The first kappa shape index (κ1) is 9.78. The minimum Gasteiger partial charge on any atom is -0.215 e. The van der Waals surface area contributed by atoms with Gasteiger partial charge in [-0.1, -0.05) is 34.8 Å². The number of rotatable bonds is 1. The average Bonchev–Trinajstić information content (AvgIpc) is 1.64. The second kappa shape index (κ2) is 2.80. The van der Waals surface area contributed by atoms with E-state index in [0.29, 0.717) is 0 Å². The fourth-order valence-corrected chi connectivity index (χ4v) is 1.04. The van der Waals surface area contributed by atoms with Crippen LogP contribution in [0.2, 0.25) is 0 Å². The summed E-state index contributed by atoms with van der Waals surface area (Å²) >= 11 is 15.0. The molecular formula is C2H4Cl3NO2S. The minimum absolute atomic E-state index is 1.16. The first-order valence-corrected chi connectivity index (χ1v) is 4.43. The highest BCUT2D eigenvalue weighted by molar-refractivity contribution is 7.95. The van der Waals surface area contributed by atoms with E-state index in [1.165, 1.54) is 0 Å². The molecule has 7 heteroatoms. The fourth-order valence-electron chi connectivity index (χ4n) is 0.116. The summed E-state index contributed by atoms with van der Waals surface area (Å²) in [6.07, 6.45) is 0. The van der Waals surface area contributed by atoms with Gasteiger partial charge in [0, 0.05) is 0 Å². The van der Waals surface area contributed by atoms with Crippen molar-refractivity contribution in [1.29, 1.82) is 0 Å². The summed E-state index contributed by atoms with van der Waals surface area (Å²) in [7, 11) is -2.63. The van der Waals surface area contributed by atoms with Crippen molar-refractivity contribution in [1.82, 2.24) is 4.72 Å². The Morgan fingerprint density at radius 3 is 1.67 bits per heavy atom. The summed E-state index contributed by atoms with van der Waals surface area (Å²) in [5.41, 5.74) is 0. The normalized spacial score (nSPS) is 13.8. The molecule has 0 aromatic heterocycles. The number of alkyl halides is 3. The molecule has 0 aromatic rings. The predicted octanol–water partition coefficient (Wildman–Crippen LogP) is 0.863. The molecule has 0 spiro atoms. The summed E-state index contributed by atoms with van der Waals surface area (Å²) in [6.45, 7) is 0. The molecule has 0 aliphatic heterocycles. The molecule has 0 heterocycles. The second-order valence-electron chi connectivity index (χ2n) is 1.15. The molecule has 0 amide bonds. The van der Waals surface area contributed by atoms with Gasteiger partial charge in [-0.25, -0.2) is 13.1 Å². The smallest absolute Gasteiger partial charge is 0.215 e. The van der Waals surface area contributed by atoms with Gasteiger partial charge in [0.2, 0.25) is 0 Å². The number of hydrogen-bond donors (Lipinski definition) is 1. The highest BCUT2D eigenvalue weighted by atomic mass is 35.6. The first-order valence-electron chi connectivity index (χ1n) is 1.81. The van der Waals surface area contributed by atoms with Gasteiger partial charge in [-0.05, 0) is 7.05 Å². The minimum atomic E-state index is -3.79. The molecule has 0 fully saturated rings. The maximum atomic E-state index is 10.5. The van der Waals surface area contributed by atoms with E-state index in [1.54, 1.807) is 0 Å². The van der Waals surface area contributed by atoms with Crippen LogP contribution in [0, 0.1) is 0 Å². The largest absolute Gasteiger partial charge is 0.306 e. The average molecular weight is 212 g/mol. The van der Waals surface area contributed by atoms with Crippen LogP contribution in [0.3, 0.4) is 0 Å². The molecule has 0 atom stereocenters. The molecule has 0 saturated carbocycles. The lowest BCUT2D eigenvalue weighted by atomic mass is 11.6. The molecule has 0 unspecified atom stereocenters. The SMILES string of the molecule is CNS(=O)(=O)C(Cl)(Cl)Cl. The van der Waals surface area contributed by atoms with Gasteiger partial charge in [-0.2, -0.15) is 0 Å². The molecule has 0 aromatic carbocycles. The van der Waals surface area contributed by atoms with Crippen LogP contribution in [0.1, 0.15) is 0 Å². The van der Waals surface area contributed by atoms with Crippen LogP contribution in [0.4, 0.5) is 0 Å². The molecule has 1 N–H and O–H groups in total. The number of nitrogens with one attached hydrogen (secondary N) is 1. The van der Waals surface area contributed by atoms with Gasteiger partial charge in [-0.3, -0.25) is 0 Å². The summed E-state index contributed by atoms with van der Waals surface area (Å²) in [5.74, 6) is 0. The molecule has 56 valence electrons. The third kappa shape index (κ3) is 2.47.